The first-order valence-electron chi connectivity index (χ1n) is 6.12. The molecule has 0 bridgehead atoms. The van der Waals surface area contributed by atoms with Crippen molar-refractivity contribution in [3.8, 4) is 0 Å². The molecule has 3 heteroatoms. The monoisotopic (exact) mass is 232 g/mol. The maximum atomic E-state index is 5.83. The molecular formula is C12H25ClN2. The molecule has 1 aliphatic rings. The van der Waals surface area contributed by atoms with Crippen LogP contribution in [0.3, 0.4) is 0 Å². The van der Waals surface area contributed by atoms with E-state index >= 15 is 0 Å². The average Bonchev–Trinajstić information content (AvgIpc) is 2.20. The van der Waals surface area contributed by atoms with Gasteiger partial charge in [-0.2, -0.15) is 0 Å². The van der Waals surface area contributed by atoms with Crippen LogP contribution in [0.4, 0.5) is 0 Å². The Bertz CT molecular complexity index is 165. The molecule has 1 rings (SSSR count). The van der Waals surface area contributed by atoms with Crippen LogP contribution < -0.4 is 0 Å². The molecule has 1 atom stereocenters. The van der Waals surface area contributed by atoms with Gasteiger partial charge in [-0.05, 0) is 11.8 Å². The Morgan fingerprint density at radius 3 is 1.80 bits per heavy atom. The first kappa shape index (κ1) is 13.3. The van der Waals surface area contributed by atoms with Crippen LogP contribution in [-0.2, 0) is 0 Å². The van der Waals surface area contributed by atoms with E-state index in [1.807, 2.05) is 0 Å². The average molecular weight is 233 g/mol. The van der Waals surface area contributed by atoms with Crippen LogP contribution in [0.5, 0.6) is 0 Å². The summed E-state index contributed by atoms with van der Waals surface area (Å²) in [4.78, 5) is 5.12. The molecule has 0 aromatic carbocycles. The molecule has 0 aromatic rings. The Labute approximate surface area is 99.6 Å². The summed E-state index contributed by atoms with van der Waals surface area (Å²) in [6.07, 6.45) is 0. The number of alkyl halides is 1. The predicted octanol–water partition coefficient (Wildman–Crippen LogP) is 2.13. The molecule has 0 radical (unpaired) electrons. The van der Waals surface area contributed by atoms with E-state index in [4.69, 9.17) is 11.6 Å². The smallest absolute Gasteiger partial charge is 0.0261 e. The molecule has 90 valence electrons. The van der Waals surface area contributed by atoms with Gasteiger partial charge in [-0.1, -0.05) is 20.8 Å². The molecule has 0 aromatic heterocycles. The molecule has 0 N–H and O–H groups in total. The Morgan fingerprint density at radius 1 is 0.933 bits per heavy atom. The lowest BCUT2D eigenvalue weighted by atomic mass is 10.1. The van der Waals surface area contributed by atoms with Crippen LogP contribution in [-0.4, -0.2) is 54.9 Å². The van der Waals surface area contributed by atoms with E-state index in [1.165, 1.54) is 39.3 Å². The molecule has 2 nitrogen and oxygen atoms in total. The lowest BCUT2D eigenvalue weighted by Crippen LogP contribution is -2.48. The third-order valence-corrected chi connectivity index (χ3v) is 3.45. The van der Waals surface area contributed by atoms with Gasteiger partial charge < -0.3 is 9.80 Å². The van der Waals surface area contributed by atoms with Gasteiger partial charge in [0.05, 0.1) is 0 Å². The van der Waals surface area contributed by atoms with Crippen molar-refractivity contribution in [3.63, 3.8) is 0 Å². The van der Waals surface area contributed by atoms with Crippen molar-refractivity contribution in [2.45, 2.75) is 20.8 Å². The summed E-state index contributed by atoms with van der Waals surface area (Å²) in [5.41, 5.74) is 0. The zero-order chi connectivity index (χ0) is 11.3. The van der Waals surface area contributed by atoms with Crippen molar-refractivity contribution in [1.82, 2.24) is 9.80 Å². The molecule has 0 saturated carbocycles. The van der Waals surface area contributed by atoms with Crippen LogP contribution in [0.2, 0.25) is 0 Å². The first-order chi connectivity index (χ1) is 7.11. The zero-order valence-electron chi connectivity index (χ0n) is 10.4. The maximum Gasteiger partial charge on any atom is 0.0261 e. The van der Waals surface area contributed by atoms with Gasteiger partial charge in [0.1, 0.15) is 0 Å². The van der Waals surface area contributed by atoms with E-state index in [9.17, 15) is 0 Å². The van der Waals surface area contributed by atoms with Gasteiger partial charge in [0.15, 0.2) is 0 Å². The van der Waals surface area contributed by atoms with Gasteiger partial charge in [-0.3, -0.25) is 0 Å². The van der Waals surface area contributed by atoms with Crippen LogP contribution in [0.1, 0.15) is 20.8 Å². The van der Waals surface area contributed by atoms with Crippen LogP contribution in [0, 0.1) is 11.8 Å². The Hall–Kier alpha value is 0.210. The molecule has 1 fully saturated rings. The van der Waals surface area contributed by atoms with Gasteiger partial charge in [-0.25, -0.2) is 0 Å². The van der Waals surface area contributed by atoms with E-state index in [2.05, 4.69) is 30.6 Å². The predicted molar refractivity (Wildman–Crippen MR) is 67.6 cm³/mol. The third kappa shape index (κ3) is 5.19. The van der Waals surface area contributed by atoms with Crippen molar-refractivity contribution < 1.29 is 0 Å². The zero-order valence-corrected chi connectivity index (χ0v) is 11.1. The van der Waals surface area contributed by atoms with E-state index < -0.39 is 0 Å². The molecular weight excluding hydrogens is 208 g/mol. The highest BCUT2D eigenvalue weighted by Gasteiger charge is 2.18. The second-order valence-electron chi connectivity index (χ2n) is 5.25. The standard InChI is InChI=1S/C12H25ClN2/c1-11(2)9-14-4-6-15(7-5-14)10-12(3)8-13/h11-12H,4-10H2,1-3H3. The summed E-state index contributed by atoms with van der Waals surface area (Å²) in [5, 5.41) is 0. The molecule has 0 aliphatic carbocycles. The first-order valence-corrected chi connectivity index (χ1v) is 6.66. The topological polar surface area (TPSA) is 6.48 Å². The van der Waals surface area contributed by atoms with Crippen LogP contribution in [0.25, 0.3) is 0 Å². The van der Waals surface area contributed by atoms with Gasteiger partial charge in [-0.15, -0.1) is 11.6 Å². The van der Waals surface area contributed by atoms with Crippen molar-refractivity contribution in [2.24, 2.45) is 11.8 Å². The molecule has 1 aliphatic heterocycles. The van der Waals surface area contributed by atoms with Crippen molar-refractivity contribution >= 4 is 11.6 Å². The number of nitrogens with zero attached hydrogens (tertiary/aromatic N) is 2. The normalized spacial score (nSPS) is 22.2. The quantitative estimate of drug-likeness (QED) is 0.671. The largest absolute Gasteiger partial charge is 0.301 e. The van der Waals surface area contributed by atoms with Crippen LogP contribution >= 0.6 is 11.6 Å². The molecule has 0 amide bonds. The van der Waals surface area contributed by atoms with E-state index in [0.29, 0.717) is 5.92 Å². The molecule has 1 saturated heterocycles. The van der Waals surface area contributed by atoms with Crippen molar-refractivity contribution in [1.29, 1.82) is 0 Å². The number of halogens is 1. The minimum absolute atomic E-state index is 0.628. The number of rotatable bonds is 5. The highest BCUT2D eigenvalue weighted by Crippen LogP contribution is 2.08. The lowest BCUT2D eigenvalue weighted by molar-refractivity contribution is 0.114. The van der Waals surface area contributed by atoms with Crippen molar-refractivity contribution in [3.05, 3.63) is 0 Å². The fourth-order valence-electron chi connectivity index (χ4n) is 2.16. The maximum absolute atomic E-state index is 5.83. The second-order valence-corrected chi connectivity index (χ2v) is 5.56. The summed E-state index contributed by atoms with van der Waals surface area (Å²) in [5.74, 6) is 2.20. The van der Waals surface area contributed by atoms with Crippen molar-refractivity contribution in [2.75, 3.05) is 45.1 Å². The lowest BCUT2D eigenvalue weighted by Gasteiger charge is -2.36. The van der Waals surface area contributed by atoms with E-state index in [0.717, 1.165) is 11.8 Å². The molecule has 0 spiro atoms. The fraction of sp³-hybridized carbons (Fsp3) is 1.00. The highest BCUT2D eigenvalue weighted by molar-refractivity contribution is 6.18. The summed E-state index contributed by atoms with van der Waals surface area (Å²) in [6.45, 7) is 14.1. The summed E-state index contributed by atoms with van der Waals surface area (Å²) < 4.78 is 0. The molecule has 1 heterocycles. The number of hydrogen-bond donors (Lipinski definition) is 0. The Balaban J connectivity index is 2.18. The SMILES string of the molecule is CC(C)CN1CCN(CC(C)CCl)CC1. The number of piperazine rings is 1. The van der Waals surface area contributed by atoms with E-state index in [1.54, 1.807) is 0 Å². The summed E-state index contributed by atoms with van der Waals surface area (Å²) >= 11 is 5.83. The van der Waals surface area contributed by atoms with Gasteiger partial charge in [0.2, 0.25) is 0 Å². The van der Waals surface area contributed by atoms with Gasteiger partial charge >= 0.3 is 0 Å². The summed E-state index contributed by atoms with van der Waals surface area (Å²) in [7, 11) is 0. The minimum Gasteiger partial charge on any atom is -0.301 e. The highest BCUT2D eigenvalue weighted by atomic mass is 35.5. The summed E-state index contributed by atoms with van der Waals surface area (Å²) in [6, 6.07) is 0. The Morgan fingerprint density at radius 2 is 1.40 bits per heavy atom. The van der Waals surface area contributed by atoms with Gasteiger partial charge in [0.25, 0.3) is 0 Å². The van der Waals surface area contributed by atoms with E-state index in [-0.39, 0.29) is 0 Å². The third-order valence-electron chi connectivity index (χ3n) is 2.92. The fourth-order valence-corrected chi connectivity index (χ4v) is 2.26. The molecule has 1 unspecified atom stereocenters. The van der Waals surface area contributed by atoms with Crippen LogP contribution in [0.15, 0.2) is 0 Å². The second kappa shape index (κ2) is 6.72. The minimum atomic E-state index is 0.628. The molecule has 15 heavy (non-hydrogen) atoms. The van der Waals surface area contributed by atoms with Gasteiger partial charge in [0, 0.05) is 45.1 Å². The Kier molecular flexibility index (Phi) is 5.95. The number of hydrogen-bond acceptors (Lipinski definition) is 2.